The van der Waals surface area contributed by atoms with Gasteiger partial charge in [0.2, 0.25) is 0 Å². The number of rotatable bonds is 7. The summed E-state index contributed by atoms with van der Waals surface area (Å²) in [6, 6.07) is 12.2. The second-order valence-corrected chi connectivity index (χ2v) is 8.06. The van der Waals surface area contributed by atoms with Crippen LogP contribution in [-0.2, 0) is 6.42 Å². The van der Waals surface area contributed by atoms with E-state index in [9.17, 15) is 9.59 Å². The van der Waals surface area contributed by atoms with Crippen LogP contribution in [0.5, 0.6) is 5.75 Å². The lowest BCUT2D eigenvalue weighted by Crippen LogP contribution is -2.43. The first-order valence-electron chi connectivity index (χ1n) is 10.2. The van der Waals surface area contributed by atoms with E-state index in [2.05, 4.69) is 4.90 Å². The standard InChI is InChI=1S/C24H28ClNO3/c1-17(27)19-9-12-23(29-2)20(15-19)16-22(26-13-5-3-4-6-14-26)24(28)18-7-10-21(25)11-8-18/h7-12,15,22H,3-6,13-14,16H2,1-2H3. The number of halogens is 1. The number of ether oxygens (including phenoxy) is 1. The lowest BCUT2D eigenvalue weighted by atomic mass is 9.94. The predicted molar refractivity (Wildman–Crippen MR) is 116 cm³/mol. The lowest BCUT2D eigenvalue weighted by Gasteiger charge is -2.30. The monoisotopic (exact) mass is 413 g/mol. The average Bonchev–Trinajstić information content (AvgIpc) is 3.01. The van der Waals surface area contributed by atoms with Gasteiger partial charge in [-0.25, -0.2) is 0 Å². The van der Waals surface area contributed by atoms with Crippen LogP contribution in [0.2, 0.25) is 5.02 Å². The van der Waals surface area contributed by atoms with Crippen molar-refractivity contribution < 1.29 is 14.3 Å². The summed E-state index contributed by atoms with van der Waals surface area (Å²) >= 11 is 6.01. The van der Waals surface area contributed by atoms with Crippen molar-refractivity contribution in [3.05, 3.63) is 64.2 Å². The normalized spacial score (nSPS) is 16.1. The number of nitrogens with zero attached hydrogens (tertiary/aromatic N) is 1. The highest BCUT2D eigenvalue weighted by Gasteiger charge is 2.29. The fraction of sp³-hybridized carbons (Fsp3) is 0.417. The Bertz CT molecular complexity index is 855. The number of hydrogen-bond acceptors (Lipinski definition) is 4. The summed E-state index contributed by atoms with van der Waals surface area (Å²) in [7, 11) is 1.62. The van der Waals surface area contributed by atoms with Crippen molar-refractivity contribution in [3.8, 4) is 5.75 Å². The van der Waals surface area contributed by atoms with Crippen molar-refractivity contribution >= 4 is 23.2 Å². The minimum Gasteiger partial charge on any atom is -0.496 e. The Morgan fingerprint density at radius 3 is 2.21 bits per heavy atom. The quantitative estimate of drug-likeness (QED) is 0.583. The van der Waals surface area contributed by atoms with Crippen LogP contribution in [-0.4, -0.2) is 42.7 Å². The molecule has 0 saturated carbocycles. The molecule has 0 aliphatic carbocycles. The van der Waals surface area contributed by atoms with Crippen molar-refractivity contribution in [1.82, 2.24) is 4.90 Å². The third-order valence-corrected chi connectivity index (χ3v) is 5.86. The molecule has 0 radical (unpaired) electrons. The van der Waals surface area contributed by atoms with Gasteiger partial charge < -0.3 is 4.74 Å². The molecule has 154 valence electrons. The summed E-state index contributed by atoms with van der Waals surface area (Å²) in [5, 5.41) is 0.615. The number of likely N-dealkylation sites (tertiary alicyclic amines) is 1. The summed E-state index contributed by atoms with van der Waals surface area (Å²) in [5.74, 6) is 0.793. The molecule has 4 nitrogen and oxygen atoms in total. The lowest BCUT2D eigenvalue weighted by molar-refractivity contribution is 0.0820. The first kappa shape index (κ1) is 21.5. The van der Waals surface area contributed by atoms with E-state index in [0.29, 0.717) is 28.3 Å². The van der Waals surface area contributed by atoms with Gasteiger partial charge in [-0.1, -0.05) is 24.4 Å². The molecule has 0 spiro atoms. The van der Waals surface area contributed by atoms with E-state index in [4.69, 9.17) is 16.3 Å². The summed E-state index contributed by atoms with van der Waals surface area (Å²) in [5.41, 5.74) is 2.18. The number of Topliss-reactive ketones (excluding diaryl/α,β-unsaturated/α-hetero) is 2. The minimum atomic E-state index is -0.301. The van der Waals surface area contributed by atoms with Crippen LogP contribution in [0.25, 0.3) is 0 Å². The summed E-state index contributed by atoms with van der Waals surface area (Å²) < 4.78 is 5.54. The summed E-state index contributed by atoms with van der Waals surface area (Å²) in [6.07, 6.45) is 5.08. The summed E-state index contributed by atoms with van der Waals surface area (Å²) in [4.78, 5) is 27.7. The molecule has 0 aromatic heterocycles. The highest BCUT2D eigenvalue weighted by atomic mass is 35.5. The Morgan fingerprint density at radius 2 is 1.62 bits per heavy atom. The highest BCUT2D eigenvalue weighted by molar-refractivity contribution is 6.30. The van der Waals surface area contributed by atoms with Crippen molar-refractivity contribution in [1.29, 1.82) is 0 Å². The third-order valence-electron chi connectivity index (χ3n) is 5.61. The Morgan fingerprint density at radius 1 is 1.00 bits per heavy atom. The number of methoxy groups -OCH3 is 1. The first-order chi connectivity index (χ1) is 14.0. The van der Waals surface area contributed by atoms with Crippen molar-refractivity contribution in [2.75, 3.05) is 20.2 Å². The average molecular weight is 414 g/mol. The maximum atomic E-state index is 13.5. The van der Waals surface area contributed by atoms with E-state index in [1.54, 1.807) is 44.4 Å². The molecule has 5 heteroatoms. The zero-order valence-corrected chi connectivity index (χ0v) is 17.9. The van der Waals surface area contributed by atoms with Crippen molar-refractivity contribution in [2.24, 2.45) is 0 Å². The number of ketones is 2. The van der Waals surface area contributed by atoms with Gasteiger partial charge in [-0.2, -0.15) is 0 Å². The maximum Gasteiger partial charge on any atom is 0.180 e. The molecule has 0 amide bonds. The fourth-order valence-electron chi connectivity index (χ4n) is 3.97. The minimum absolute atomic E-state index is 0.00394. The van der Waals surface area contributed by atoms with E-state index < -0.39 is 0 Å². The molecule has 1 heterocycles. The first-order valence-corrected chi connectivity index (χ1v) is 10.6. The molecule has 1 aliphatic rings. The number of carbonyl (C=O) groups excluding carboxylic acids is 2. The van der Waals surface area contributed by atoms with Crippen LogP contribution in [0.1, 0.15) is 58.9 Å². The van der Waals surface area contributed by atoms with E-state index >= 15 is 0 Å². The van der Waals surface area contributed by atoms with Crippen molar-refractivity contribution in [3.63, 3.8) is 0 Å². The molecule has 1 unspecified atom stereocenters. The molecule has 0 bridgehead atoms. The molecular weight excluding hydrogens is 386 g/mol. The van der Waals surface area contributed by atoms with Gasteiger partial charge in [0.15, 0.2) is 11.6 Å². The maximum absolute atomic E-state index is 13.5. The Labute approximate surface area is 177 Å². The van der Waals surface area contributed by atoms with E-state index in [0.717, 1.165) is 31.5 Å². The highest BCUT2D eigenvalue weighted by Crippen LogP contribution is 2.26. The van der Waals surface area contributed by atoms with Gasteiger partial charge in [-0.05, 0) is 87.3 Å². The Hall–Kier alpha value is -2.17. The van der Waals surface area contributed by atoms with Crippen LogP contribution in [0.15, 0.2) is 42.5 Å². The second kappa shape index (κ2) is 10.0. The predicted octanol–water partition coefficient (Wildman–Crippen LogP) is 5.22. The number of hydrogen-bond donors (Lipinski definition) is 0. The van der Waals surface area contributed by atoms with E-state index in [-0.39, 0.29) is 17.6 Å². The van der Waals surface area contributed by atoms with Gasteiger partial charge in [-0.15, -0.1) is 0 Å². The number of benzene rings is 2. The zero-order chi connectivity index (χ0) is 20.8. The molecule has 1 aliphatic heterocycles. The van der Waals surface area contributed by atoms with Crippen molar-refractivity contribution in [2.45, 2.75) is 45.1 Å². The van der Waals surface area contributed by atoms with Crippen LogP contribution < -0.4 is 4.74 Å². The molecule has 2 aromatic carbocycles. The molecule has 0 N–H and O–H groups in total. The molecule has 3 rings (SSSR count). The van der Waals surface area contributed by atoms with Gasteiger partial charge in [0.25, 0.3) is 0 Å². The van der Waals surface area contributed by atoms with Gasteiger partial charge in [0.1, 0.15) is 5.75 Å². The van der Waals surface area contributed by atoms with Crippen LogP contribution >= 0.6 is 11.6 Å². The Balaban J connectivity index is 1.96. The van der Waals surface area contributed by atoms with Crippen LogP contribution in [0.3, 0.4) is 0 Å². The van der Waals surface area contributed by atoms with Gasteiger partial charge >= 0.3 is 0 Å². The molecule has 2 aromatic rings. The Kier molecular flexibility index (Phi) is 7.45. The summed E-state index contributed by atoms with van der Waals surface area (Å²) in [6.45, 7) is 3.36. The van der Waals surface area contributed by atoms with E-state index in [1.807, 2.05) is 12.1 Å². The fourth-order valence-corrected chi connectivity index (χ4v) is 4.09. The SMILES string of the molecule is COc1ccc(C(C)=O)cc1CC(C(=O)c1ccc(Cl)cc1)N1CCCCCC1. The largest absolute Gasteiger partial charge is 0.496 e. The number of carbonyl (C=O) groups is 2. The molecular formula is C24H28ClNO3. The molecule has 1 saturated heterocycles. The second-order valence-electron chi connectivity index (χ2n) is 7.62. The van der Waals surface area contributed by atoms with Gasteiger partial charge in [0, 0.05) is 16.1 Å². The third kappa shape index (κ3) is 5.46. The topological polar surface area (TPSA) is 46.6 Å². The smallest absolute Gasteiger partial charge is 0.180 e. The van der Waals surface area contributed by atoms with E-state index in [1.165, 1.54) is 12.8 Å². The van der Waals surface area contributed by atoms with Gasteiger partial charge in [0.05, 0.1) is 13.2 Å². The van der Waals surface area contributed by atoms with Gasteiger partial charge in [-0.3, -0.25) is 14.5 Å². The molecule has 29 heavy (non-hydrogen) atoms. The molecule has 1 fully saturated rings. The van der Waals surface area contributed by atoms with Crippen LogP contribution in [0.4, 0.5) is 0 Å². The molecule has 1 atom stereocenters. The zero-order valence-electron chi connectivity index (χ0n) is 17.1. The van der Waals surface area contributed by atoms with Crippen LogP contribution in [0, 0.1) is 0 Å².